The van der Waals surface area contributed by atoms with E-state index in [4.69, 9.17) is 9.47 Å². The van der Waals surface area contributed by atoms with Crippen LogP contribution in [0.1, 0.15) is 43.2 Å². The lowest BCUT2D eigenvalue weighted by molar-refractivity contribution is -0.116. The first-order valence-electron chi connectivity index (χ1n) is 12.6. The molecule has 2 amide bonds. The third-order valence-electron chi connectivity index (χ3n) is 7.09. The minimum atomic E-state index is -0.546. The predicted molar refractivity (Wildman–Crippen MR) is 137 cm³/mol. The number of hydrogen-bond acceptors (Lipinski definition) is 6. The monoisotopic (exact) mass is 512 g/mol. The van der Waals surface area contributed by atoms with E-state index in [0.717, 1.165) is 25.9 Å². The summed E-state index contributed by atoms with van der Waals surface area (Å²) in [6, 6.07) is 9.13. The van der Waals surface area contributed by atoms with Crippen LogP contribution in [0, 0.1) is 17.7 Å². The normalized spacial score (nSPS) is 21.4. The van der Waals surface area contributed by atoms with Crippen LogP contribution in [0.3, 0.4) is 0 Å². The fourth-order valence-corrected chi connectivity index (χ4v) is 4.84. The molecule has 2 aromatic carbocycles. The highest BCUT2D eigenvalue weighted by atomic mass is 19.1. The molecule has 0 saturated carbocycles. The fraction of sp³-hybridized carbons (Fsp3) is 0.429. The van der Waals surface area contributed by atoms with Gasteiger partial charge in [-0.2, -0.15) is 0 Å². The highest BCUT2D eigenvalue weighted by molar-refractivity contribution is 5.92. The Balaban J connectivity index is 1.34. The Hall–Kier alpha value is -3.59. The van der Waals surface area contributed by atoms with E-state index in [1.807, 2.05) is 6.92 Å². The molecule has 2 aromatic rings. The lowest BCUT2D eigenvalue weighted by Crippen LogP contribution is -2.47. The van der Waals surface area contributed by atoms with Crippen molar-refractivity contribution in [1.29, 1.82) is 0 Å². The number of benzene rings is 2. The molecule has 0 bridgehead atoms. The first-order valence-corrected chi connectivity index (χ1v) is 12.6. The van der Waals surface area contributed by atoms with Crippen molar-refractivity contribution in [2.24, 2.45) is 11.8 Å². The number of anilines is 1. The zero-order valence-electron chi connectivity index (χ0n) is 20.9. The molecule has 0 radical (unpaired) electrons. The van der Waals surface area contributed by atoms with Crippen LogP contribution in [0.2, 0.25) is 0 Å². The summed E-state index contributed by atoms with van der Waals surface area (Å²) in [7, 11) is 0. The first kappa shape index (κ1) is 26.5. The fourth-order valence-electron chi connectivity index (χ4n) is 4.84. The van der Waals surface area contributed by atoms with Gasteiger partial charge in [-0.15, -0.1) is 0 Å². The van der Waals surface area contributed by atoms with E-state index in [0.29, 0.717) is 29.3 Å². The van der Waals surface area contributed by atoms with Gasteiger partial charge in [0.05, 0.1) is 6.61 Å². The number of carbonyl (C=O) groups excluding carboxylic acids is 2. The van der Waals surface area contributed by atoms with Gasteiger partial charge >= 0.3 is 6.09 Å². The predicted octanol–water partition coefficient (Wildman–Crippen LogP) is 4.56. The molecule has 0 spiro atoms. The summed E-state index contributed by atoms with van der Waals surface area (Å²) in [6.45, 7) is 4.18. The third kappa shape index (κ3) is 6.80. The van der Waals surface area contributed by atoms with Gasteiger partial charge in [0.2, 0.25) is 5.91 Å². The third-order valence-corrected chi connectivity index (χ3v) is 7.09. The van der Waals surface area contributed by atoms with Crippen molar-refractivity contribution >= 4 is 23.8 Å². The molecule has 0 aliphatic carbocycles. The Bertz CT molecular complexity index is 1150. The molecule has 0 aromatic heterocycles. The second kappa shape index (κ2) is 12.1. The molecule has 2 aliphatic heterocycles. The van der Waals surface area contributed by atoms with Gasteiger partial charge in [0, 0.05) is 44.0 Å². The van der Waals surface area contributed by atoms with Crippen LogP contribution in [-0.2, 0) is 14.3 Å². The van der Waals surface area contributed by atoms with Crippen molar-refractivity contribution in [3.8, 4) is 11.5 Å². The van der Waals surface area contributed by atoms with Crippen LogP contribution in [0.15, 0.2) is 42.5 Å². The first-order chi connectivity index (χ1) is 17.8. The van der Waals surface area contributed by atoms with E-state index < -0.39 is 6.09 Å². The molecular formula is C28H33FN2O6. The largest absolute Gasteiger partial charge is 0.504 e. The van der Waals surface area contributed by atoms with Crippen molar-refractivity contribution in [2.75, 3.05) is 37.8 Å². The summed E-state index contributed by atoms with van der Waals surface area (Å²) in [6.07, 6.45) is 5.16. The molecule has 37 heavy (non-hydrogen) atoms. The molecule has 2 saturated heterocycles. The maximum atomic E-state index is 15.2. The number of phenols is 2. The Morgan fingerprint density at radius 3 is 2.81 bits per heavy atom. The molecular weight excluding hydrogens is 479 g/mol. The van der Waals surface area contributed by atoms with Crippen LogP contribution < -0.4 is 10.2 Å². The van der Waals surface area contributed by atoms with Gasteiger partial charge in [0.15, 0.2) is 11.5 Å². The molecule has 3 atom stereocenters. The Morgan fingerprint density at radius 2 is 2.03 bits per heavy atom. The van der Waals surface area contributed by atoms with Crippen molar-refractivity contribution < 1.29 is 33.7 Å². The topological polar surface area (TPSA) is 108 Å². The van der Waals surface area contributed by atoms with Crippen LogP contribution in [-0.4, -0.2) is 55.1 Å². The summed E-state index contributed by atoms with van der Waals surface area (Å²) >= 11 is 0. The molecule has 198 valence electrons. The van der Waals surface area contributed by atoms with Crippen LogP contribution >= 0.6 is 0 Å². The quantitative estimate of drug-likeness (QED) is 0.371. The van der Waals surface area contributed by atoms with Crippen LogP contribution in [0.4, 0.5) is 14.9 Å². The summed E-state index contributed by atoms with van der Waals surface area (Å²) in [5, 5.41) is 21.7. The average molecular weight is 513 g/mol. The Labute approximate surface area is 215 Å². The van der Waals surface area contributed by atoms with E-state index in [1.165, 1.54) is 35.3 Å². The molecule has 3 N–H and O–H groups in total. The second-order valence-corrected chi connectivity index (χ2v) is 9.68. The number of carbonyl (C=O) groups is 2. The van der Waals surface area contributed by atoms with Crippen LogP contribution in [0.25, 0.3) is 6.08 Å². The van der Waals surface area contributed by atoms with Gasteiger partial charge in [-0.05, 0) is 72.6 Å². The van der Waals surface area contributed by atoms with Gasteiger partial charge in [0.25, 0.3) is 0 Å². The van der Waals surface area contributed by atoms with Crippen molar-refractivity contribution in [1.82, 2.24) is 5.32 Å². The number of rotatable bonds is 7. The summed E-state index contributed by atoms with van der Waals surface area (Å²) in [5.41, 5.74) is 1.61. The molecule has 2 aliphatic rings. The van der Waals surface area contributed by atoms with Gasteiger partial charge in [-0.25, -0.2) is 9.18 Å². The average Bonchev–Trinajstić information content (AvgIpc) is 3.18. The number of phenolic OH excluding ortho intramolecular Hbond substituents is 2. The number of nitrogens with zero attached hydrogens (tertiary/aromatic N) is 1. The molecule has 3 unspecified atom stereocenters. The lowest BCUT2D eigenvalue weighted by Gasteiger charge is -2.32. The number of halogens is 1. The van der Waals surface area contributed by atoms with Crippen molar-refractivity contribution in [3.63, 3.8) is 0 Å². The van der Waals surface area contributed by atoms with Crippen molar-refractivity contribution in [2.45, 2.75) is 32.1 Å². The maximum Gasteiger partial charge on any atom is 0.414 e. The van der Waals surface area contributed by atoms with Gasteiger partial charge in [0.1, 0.15) is 5.82 Å². The highest BCUT2D eigenvalue weighted by Crippen LogP contribution is 2.35. The molecule has 2 fully saturated rings. The molecule has 8 nitrogen and oxygen atoms in total. The Morgan fingerprint density at radius 1 is 1.19 bits per heavy atom. The van der Waals surface area contributed by atoms with Gasteiger partial charge in [-0.1, -0.05) is 19.1 Å². The number of cyclic esters (lactones) is 1. The second-order valence-electron chi connectivity index (χ2n) is 9.68. The zero-order valence-corrected chi connectivity index (χ0v) is 20.9. The van der Waals surface area contributed by atoms with E-state index in [9.17, 15) is 19.8 Å². The van der Waals surface area contributed by atoms with Gasteiger partial charge in [-0.3, -0.25) is 9.69 Å². The minimum Gasteiger partial charge on any atom is -0.504 e. The van der Waals surface area contributed by atoms with E-state index >= 15 is 4.39 Å². The number of ether oxygens (including phenoxy) is 2. The molecule has 9 heteroatoms. The number of amides is 2. The lowest BCUT2D eigenvalue weighted by atomic mass is 9.82. The summed E-state index contributed by atoms with van der Waals surface area (Å²) < 4.78 is 26.0. The Kier molecular flexibility index (Phi) is 8.66. The van der Waals surface area contributed by atoms with E-state index in [2.05, 4.69) is 5.32 Å². The SMILES string of the molecule is CC(c1ccc(N2CC(CNC(=O)C=Cc3ccc(O)c(O)c3)COC2=O)cc1F)C1CCCOCC1. The number of nitrogens with one attached hydrogen (secondary N) is 1. The summed E-state index contributed by atoms with van der Waals surface area (Å²) in [4.78, 5) is 26.1. The minimum absolute atomic E-state index is 0.0469. The molecule has 2 heterocycles. The maximum absolute atomic E-state index is 15.2. The van der Waals surface area contributed by atoms with Crippen LogP contribution in [0.5, 0.6) is 11.5 Å². The van der Waals surface area contributed by atoms with E-state index in [-0.39, 0.29) is 54.8 Å². The smallest absolute Gasteiger partial charge is 0.414 e. The highest BCUT2D eigenvalue weighted by Gasteiger charge is 2.30. The van der Waals surface area contributed by atoms with E-state index in [1.54, 1.807) is 18.2 Å². The zero-order chi connectivity index (χ0) is 26.4. The van der Waals surface area contributed by atoms with Crippen molar-refractivity contribution in [3.05, 3.63) is 59.4 Å². The summed E-state index contributed by atoms with van der Waals surface area (Å²) in [5.74, 6) is -0.995. The number of aromatic hydroxyl groups is 2. The standard InChI is InChI=1S/C28H33FN2O6/c1-18(21-3-2-11-36-12-10-21)23-7-6-22(14-24(23)29)31-16-20(17-37-28(31)35)15-30-27(34)9-5-19-4-8-25(32)26(33)13-19/h4-9,13-14,18,20-21,32-33H,2-3,10-12,15-17H2,1H3,(H,30,34). The van der Waals surface area contributed by atoms with Gasteiger partial charge < -0.3 is 25.0 Å². The number of hydrogen-bond donors (Lipinski definition) is 3. The molecule has 4 rings (SSSR count).